The highest BCUT2D eigenvalue weighted by molar-refractivity contribution is 5.92. The first-order chi connectivity index (χ1) is 13.8. The Bertz CT molecular complexity index is 890. The minimum absolute atomic E-state index is 0.289. The zero-order chi connectivity index (χ0) is 21.0. The summed E-state index contributed by atoms with van der Waals surface area (Å²) in [6.45, 7) is 6.63. The lowest BCUT2D eigenvalue weighted by Crippen LogP contribution is -2.40. The van der Waals surface area contributed by atoms with E-state index >= 15 is 0 Å². The Morgan fingerprint density at radius 1 is 1.24 bits per heavy atom. The molecule has 0 unspecified atom stereocenters. The number of benzene rings is 1. The maximum absolute atomic E-state index is 12.5. The van der Waals surface area contributed by atoms with E-state index in [-0.39, 0.29) is 6.54 Å². The lowest BCUT2D eigenvalue weighted by Gasteiger charge is -2.32. The Balaban J connectivity index is 1.83. The number of fused-ring (bicyclic) bond motifs is 1. The number of nitrogens with zero attached hydrogens (tertiary/aromatic N) is 2. The molecule has 0 fully saturated rings. The van der Waals surface area contributed by atoms with Gasteiger partial charge in [0.2, 0.25) is 0 Å². The van der Waals surface area contributed by atoms with Crippen molar-refractivity contribution in [1.29, 1.82) is 0 Å². The van der Waals surface area contributed by atoms with Crippen LogP contribution in [0, 0.1) is 0 Å². The number of hydrogen-bond acceptors (Lipinski definition) is 6. The molecule has 0 N–H and O–H groups in total. The molecule has 1 aliphatic rings. The highest BCUT2D eigenvalue weighted by Crippen LogP contribution is 2.30. The zero-order valence-corrected chi connectivity index (χ0v) is 17.2. The minimum atomic E-state index is -0.577. The van der Waals surface area contributed by atoms with E-state index in [4.69, 9.17) is 14.2 Å². The first-order valence-electron chi connectivity index (χ1n) is 9.50. The van der Waals surface area contributed by atoms with Crippen LogP contribution in [0.4, 0.5) is 4.79 Å². The van der Waals surface area contributed by atoms with Gasteiger partial charge in [-0.25, -0.2) is 9.59 Å². The molecule has 0 saturated heterocycles. The number of aromatic nitrogens is 1. The number of carbonyl (C=O) groups excluding carboxylic acids is 2. The summed E-state index contributed by atoms with van der Waals surface area (Å²) in [5, 5.41) is 0. The zero-order valence-electron chi connectivity index (χ0n) is 17.2. The van der Waals surface area contributed by atoms with Gasteiger partial charge in [-0.05, 0) is 56.5 Å². The second-order valence-corrected chi connectivity index (χ2v) is 7.90. The predicted molar refractivity (Wildman–Crippen MR) is 107 cm³/mol. The highest BCUT2D eigenvalue weighted by atomic mass is 16.6. The van der Waals surface area contributed by atoms with Gasteiger partial charge in [0.1, 0.15) is 18.0 Å². The summed E-state index contributed by atoms with van der Waals surface area (Å²) in [5.74, 6) is 0.123. The molecule has 0 saturated carbocycles. The largest absolute Gasteiger partial charge is 0.489 e. The molecule has 1 aliphatic heterocycles. The molecule has 7 nitrogen and oxygen atoms in total. The summed E-state index contributed by atoms with van der Waals surface area (Å²) in [5.41, 5.74) is 2.49. The summed E-state index contributed by atoms with van der Waals surface area (Å²) >= 11 is 0. The van der Waals surface area contributed by atoms with E-state index in [1.54, 1.807) is 23.4 Å². The molecule has 29 heavy (non-hydrogen) atoms. The van der Waals surface area contributed by atoms with Crippen LogP contribution in [0.1, 0.15) is 47.8 Å². The van der Waals surface area contributed by atoms with Crippen LogP contribution in [-0.2, 0) is 29.0 Å². The molecular weight excluding hydrogens is 372 g/mol. The van der Waals surface area contributed by atoms with Gasteiger partial charge in [0.25, 0.3) is 0 Å². The van der Waals surface area contributed by atoms with Crippen LogP contribution in [0.3, 0.4) is 0 Å². The smallest absolute Gasteiger partial charge is 0.410 e. The molecule has 3 rings (SSSR count). The third-order valence-electron chi connectivity index (χ3n) is 4.50. The van der Waals surface area contributed by atoms with Gasteiger partial charge in [-0.1, -0.05) is 6.07 Å². The fourth-order valence-electron chi connectivity index (χ4n) is 3.15. The molecule has 0 spiro atoms. The van der Waals surface area contributed by atoms with E-state index in [2.05, 4.69) is 4.98 Å². The number of ether oxygens (including phenoxy) is 3. The van der Waals surface area contributed by atoms with Crippen LogP contribution in [-0.4, -0.2) is 41.2 Å². The third kappa shape index (κ3) is 5.25. The van der Waals surface area contributed by atoms with Gasteiger partial charge in [-0.2, -0.15) is 0 Å². The van der Waals surface area contributed by atoms with Crippen molar-refractivity contribution in [3.05, 3.63) is 58.9 Å². The number of carbonyl (C=O) groups is 2. The van der Waals surface area contributed by atoms with Crippen molar-refractivity contribution in [2.24, 2.45) is 0 Å². The van der Waals surface area contributed by atoms with E-state index < -0.39 is 17.7 Å². The summed E-state index contributed by atoms with van der Waals surface area (Å²) in [4.78, 5) is 30.5. The number of rotatable bonds is 4. The Morgan fingerprint density at radius 3 is 2.69 bits per heavy atom. The number of hydrogen-bond donors (Lipinski definition) is 0. The van der Waals surface area contributed by atoms with Gasteiger partial charge in [-0.3, -0.25) is 4.98 Å². The van der Waals surface area contributed by atoms with Crippen LogP contribution in [0.15, 0.2) is 36.7 Å². The van der Waals surface area contributed by atoms with E-state index in [0.29, 0.717) is 30.9 Å². The van der Waals surface area contributed by atoms with E-state index in [9.17, 15) is 9.59 Å². The molecular formula is C22H26N2O5. The first-order valence-corrected chi connectivity index (χ1v) is 9.50. The minimum Gasteiger partial charge on any atom is -0.489 e. The first kappa shape index (κ1) is 20.6. The second-order valence-electron chi connectivity index (χ2n) is 7.90. The Hall–Kier alpha value is -3.09. The molecule has 1 aromatic carbocycles. The van der Waals surface area contributed by atoms with Gasteiger partial charge in [-0.15, -0.1) is 0 Å². The van der Waals surface area contributed by atoms with Gasteiger partial charge in [0.05, 0.1) is 19.2 Å². The van der Waals surface area contributed by atoms with Crippen molar-refractivity contribution in [3.63, 3.8) is 0 Å². The van der Waals surface area contributed by atoms with Crippen LogP contribution < -0.4 is 4.74 Å². The summed E-state index contributed by atoms with van der Waals surface area (Å²) < 4.78 is 16.3. The Morgan fingerprint density at radius 2 is 2.03 bits per heavy atom. The summed E-state index contributed by atoms with van der Waals surface area (Å²) in [6.07, 6.45) is 3.64. The predicted octanol–water partition coefficient (Wildman–Crippen LogP) is 3.74. The maximum Gasteiger partial charge on any atom is 0.410 e. The van der Waals surface area contributed by atoms with Gasteiger partial charge >= 0.3 is 12.1 Å². The molecule has 0 aliphatic carbocycles. The van der Waals surface area contributed by atoms with E-state index in [1.807, 2.05) is 39.0 Å². The van der Waals surface area contributed by atoms with Crippen LogP contribution >= 0.6 is 0 Å². The SMILES string of the molecule is COC(=O)c1cc(OCc2cccnc2)cc2c1CN(C(=O)OC(C)(C)C)CC2. The number of amides is 1. The topological polar surface area (TPSA) is 78.0 Å². The second kappa shape index (κ2) is 8.51. The van der Waals surface area contributed by atoms with Crippen LogP contribution in [0.2, 0.25) is 0 Å². The number of pyridine rings is 1. The van der Waals surface area contributed by atoms with Crippen molar-refractivity contribution in [2.75, 3.05) is 13.7 Å². The molecule has 2 heterocycles. The van der Waals surface area contributed by atoms with Crippen LogP contribution in [0.5, 0.6) is 5.75 Å². The molecule has 7 heteroatoms. The molecule has 154 valence electrons. The van der Waals surface area contributed by atoms with E-state index in [1.165, 1.54) is 7.11 Å². The highest BCUT2D eigenvalue weighted by Gasteiger charge is 2.29. The quantitative estimate of drug-likeness (QED) is 0.730. The molecule has 0 radical (unpaired) electrons. The lowest BCUT2D eigenvalue weighted by molar-refractivity contribution is 0.0221. The normalized spacial score (nSPS) is 13.4. The Labute approximate surface area is 170 Å². The number of esters is 1. The average Bonchev–Trinajstić information content (AvgIpc) is 2.70. The van der Waals surface area contributed by atoms with Crippen molar-refractivity contribution >= 4 is 12.1 Å². The standard InChI is InChI=1S/C22H26N2O5/c1-22(2,3)29-21(26)24-9-7-16-10-17(28-14-15-6-5-8-23-12-15)11-18(19(16)13-24)20(25)27-4/h5-6,8,10-12H,7,9,13-14H2,1-4H3. The third-order valence-corrected chi connectivity index (χ3v) is 4.50. The average molecular weight is 398 g/mol. The Kier molecular flexibility index (Phi) is 6.06. The van der Waals surface area contributed by atoms with Gasteiger partial charge in [0.15, 0.2) is 0 Å². The van der Waals surface area contributed by atoms with Crippen molar-refractivity contribution in [2.45, 2.75) is 45.9 Å². The molecule has 2 aromatic rings. The van der Waals surface area contributed by atoms with E-state index in [0.717, 1.165) is 16.7 Å². The fraction of sp³-hybridized carbons (Fsp3) is 0.409. The summed E-state index contributed by atoms with van der Waals surface area (Å²) in [6, 6.07) is 7.35. The fourth-order valence-corrected chi connectivity index (χ4v) is 3.15. The van der Waals surface area contributed by atoms with Crippen LogP contribution in [0.25, 0.3) is 0 Å². The molecule has 1 aromatic heterocycles. The summed E-state index contributed by atoms with van der Waals surface area (Å²) in [7, 11) is 1.34. The monoisotopic (exact) mass is 398 g/mol. The molecule has 0 atom stereocenters. The van der Waals surface area contributed by atoms with Gasteiger partial charge in [0, 0.05) is 24.5 Å². The van der Waals surface area contributed by atoms with Crippen molar-refractivity contribution in [1.82, 2.24) is 9.88 Å². The van der Waals surface area contributed by atoms with Crippen molar-refractivity contribution in [3.8, 4) is 5.75 Å². The molecule has 0 bridgehead atoms. The molecule has 1 amide bonds. The van der Waals surface area contributed by atoms with Crippen molar-refractivity contribution < 1.29 is 23.8 Å². The maximum atomic E-state index is 12.5. The lowest BCUT2D eigenvalue weighted by atomic mass is 9.94. The van der Waals surface area contributed by atoms with Gasteiger partial charge < -0.3 is 19.1 Å². The number of methoxy groups -OCH3 is 1.